The fourth-order valence-electron chi connectivity index (χ4n) is 3.01. The van der Waals surface area contributed by atoms with Crippen LogP contribution in [0.15, 0.2) is 29.6 Å². The summed E-state index contributed by atoms with van der Waals surface area (Å²) < 4.78 is 0. The first-order valence-corrected chi connectivity index (χ1v) is 8.98. The third kappa shape index (κ3) is 4.18. The second-order valence-corrected chi connectivity index (χ2v) is 7.21. The zero-order chi connectivity index (χ0) is 16.2. The zero-order valence-corrected chi connectivity index (χ0v) is 14.1. The van der Waals surface area contributed by atoms with Gasteiger partial charge in [-0.25, -0.2) is 4.98 Å². The molecule has 2 unspecified atom stereocenters. The van der Waals surface area contributed by atoms with Crippen LogP contribution in [-0.2, 0) is 11.2 Å². The van der Waals surface area contributed by atoms with Crippen molar-refractivity contribution in [3.63, 3.8) is 0 Å². The summed E-state index contributed by atoms with van der Waals surface area (Å²) in [5, 5.41) is 16.0. The van der Waals surface area contributed by atoms with Gasteiger partial charge in [0.05, 0.1) is 29.3 Å². The molecule has 4 nitrogen and oxygen atoms in total. The Morgan fingerprint density at radius 1 is 1.30 bits per heavy atom. The van der Waals surface area contributed by atoms with Gasteiger partial charge in [0.15, 0.2) is 0 Å². The first kappa shape index (κ1) is 16.1. The van der Waals surface area contributed by atoms with Gasteiger partial charge in [0.2, 0.25) is 5.91 Å². The highest BCUT2D eigenvalue weighted by atomic mass is 32.1. The van der Waals surface area contributed by atoms with Gasteiger partial charge >= 0.3 is 0 Å². The Balaban J connectivity index is 1.58. The van der Waals surface area contributed by atoms with Gasteiger partial charge in [-0.1, -0.05) is 37.1 Å². The number of aromatic nitrogens is 1. The highest BCUT2D eigenvalue weighted by Crippen LogP contribution is 2.22. The van der Waals surface area contributed by atoms with Crippen LogP contribution in [0.4, 0.5) is 0 Å². The first-order valence-electron chi connectivity index (χ1n) is 8.11. The number of thiazole rings is 1. The zero-order valence-electron chi connectivity index (χ0n) is 13.3. The number of benzene rings is 1. The number of nitrogens with zero attached hydrogens (tertiary/aromatic N) is 1. The molecular formula is C18H22N2O2S. The SMILES string of the molecule is Cc1nc(-c2ccc(CC(=O)NC3CCCCC3O)cc2)cs1. The van der Waals surface area contributed by atoms with Crippen LogP contribution < -0.4 is 5.32 Å². The summed E-state index contributed by atoms with van der Waals surface area (Å²) in [5.41, 5.74) is 3.03. The van der Waals surface area contributed by atoms with Crippen LogP contribution in [0.25, 0.3) is 11.3 Å². The van der Waals surface area contributed by atoms with Crippen LogP contribution in [0.2, 0.25) is 0 Å². The van der Waals surface area contributed by atoms with Crippen molar-refractivity contribution >= 4 is 17.2 Å². The molecule has 0 spiro atoms. The molecule has 122 valence electrons. The van der Waals surface area contributed by atoms with E-state index >= 15 is 0 Å². The minimum absolute atomic E-state index is 0.0202. The molecule has 1 heterocycles. The maximum atomic E-state index is 12.2. The molecule has 5 heteroatoms. The van der Waals surface area contributed by atoms with Crippen molar-refractivity contribution in [1.29, 1.82) is 0 Å². The standard InChI is InChI=1S/C18H22N2O2S/c1-12-19-16(11-23-12)14-8-6-13(7-9-14)10-18(22)20-15-4-2-3-5-17(15)21/h6-9,11,15,17,21H,2-5,10H2,1H3,(H,20,22). The van der Waals surface area contributed by atoms with E-state index in [9.17, 15) is 9.90 Å². The fourth-order valence-corrected chi connectivity index (χ4v) is 3.63. The van der Waals surface area contributed by atoms with Crippen LogP contribution in [0.1, 0.15) is 36.3 Å². The van der Waals surface area contributed by atoms with Crippen LogP contribution in [0, 0.1) is 6.92 Å². The molecule has 0 saturated heterocycles. The monoisotopic (exact) mass is 330 g/mol. The van der Waals surface area contributed by atoms with E-state index < -0.39 is 6.10 Å². The molecule has 1 amide bonds. The van der Waals surface area contributed by atoms with Gasteiger partial charge < -0.3 is 10.4 Å². The normalized spacial score (nSPS) is 21.1. The van der Waals surface area contributed by atoms with Crippen molar-refractivity contribution in [2.45, 2.75) is 51.2 Å². The van der Waals surface area contributed by atoms with Crippen LogP contribution >= 0.6 is 11.3 Å². The van der Waals surface area contributed by atoms with Crippen molar-refractivity contribution in [2.24, 2.45) is 0 Å². The van der Waals surface area contributed by atoms with Gasteiger partial charge in [0, 0.05) is 10.9 Å². The highest BCUT2D eigenvalue weighted by molar-refractivity contribution is 7.09. The summed E-state index contributed by atoms with van der Waals surface area (Å²) in [4.78, 5) is 16.6. The minimum atomic E-state index is -0.400. The largest absolute Gasteiger partial charge is 0.391 e. The summed E-state index contributed by atoms with van der Waals surface area (Å²) >= 11 is 1.63. The van der Waals surface area contributed by atoms with E-state index in [-0.39, 0.29) is 11.9 Å². The van der Waals surface area contributed by atoms with Gasteiger partial charge in [-0.2, -0.15) is 0 Å². The lowest BCUT2D eigenvalue weighted by molar-refractivity contribution is -0.122. The van der Waals surface area contributed by atoms with E-state index in [1.165, 1.54) is 0 Å². The van der Waals surface area contributed by atoms with Crippen molar-refractivity contribution in [3.05, 3.63) is 40.2 Å². The highest BCUT2D eigenvalue weighted by Gasteiger charge is 2.24. The number of aliphatic hydroxyl groups excluding tert-OH is 1. The molecule has 3 rings (SSSR count). The first-order chi connectivity index (χ1) is 11.1. The van der Waals surface area contributed by atoms with Crippen LogP contribution in [0.3, 0.4) is 0 Å². The average molecular weight is 330 g/mol. The Kier molecular flexibility index (Phi) is 5.08. The lowest BCUT2D eigenvalue weighted by Gasteiger charge is -2.28. The number of nitrogens with one attached hydrogen (secondary N) is 1. The lowest BCUT2D eigenvalue weighted by Crippen LogP contribution is -2.45. The van der Waals surface area contributed by atoms with E-state index in [0.29, 0.717) is 6.42 Å². The van der Waals surface area contributed by atoms with Gasteiger partial charge in [0.25, 0.3) is 0 Å². The Bertz CT molecular complexity index is 666. The predicted octanol–water partition coefficient (Wildman–Crippen LogP) is 3.08. The molecule has 1 aromatic heterocycles. The number of amides is 1. The van der Waals surface area contributed by atoms with E-state index in [1.54, 1.807) is 11.3 Å². The quantitative estimate of drug-likeness (QED) is 0.905. The summed E-state index contributed by atoms with van der Waals surface area (Å²) in [7, 11) is 0. The van der Waals surface area contributed by atoms with Crippen molar-refractivity contribution in [1.82, 2.24) is 10.3 Å². The molecule has 0 bridgehead atoms. The van der Waals surface area contributed by atoms with Crippen molar-refractivity contribution in [2.75, 3.05) is 0 Å². The Labute approximate surface area is 140 Å². The van der Waals surface area contributed by atoms with Crippen LogP contribution in [-0.4, -0.2) is 28.1 Å². The molecule has 0 aliphatic heterocycles. The lowest BCUT2D eigenvalue weighted by atomic mass is 9.92. The topological polar surface area (TPSA) is 62.2 Å². The summed E-state index contributed by atoms with van der Waals surface area (Å²) in [5.74, 6) is -0.0202. The van der Waals surface area contributed by atoms with E-state index in [4.69, 9.17) is 0 Å². The van der Waals surface area contributed by atoms with E-state index in [2.05, 4.69) is 10.3 Å². The molecule has 0 radical (unpaired) electrons. The molecule has 2 N–H and O–H groups in total. The van der Waals surface area contributed by atoms with Gasteiger partial charge in [-0.05, 0) is 25.3 Å². The van der Waals surface area contributed by atoms with Gasteiger partial charge in [-0.15, -0.1) is 11.3 Å². The number of hydrogen-bond donors (Lipinski definition) is 2. The third-order valence-corrected chi connectivity index (χ3v) is 5.08. The van der Waals surface area contributed by atoms with Crippen molar-refractivity contribution < 1.29 is 9.90 Å². The van der Waals surface area contributed by atoms with E-state index in [0.717, 1.165) is 47.5 Å². The molecular weight excluding hydrogens is 308 g/mol. The second-order valence-electron chi connectivity index (χ2n) is 6.15. The molecule has 1 aromatic carbocycles. The molecule has 2 atom stereocenters. The third-order valence-electron chi connectivity index (χ3n) is 4.31. The molecule has 1 fully saturated rings. The Morgan fingerprint density at radius 2 is 2.04 bits per heavy atom. The number of aliphatic hydroxyl groups is 1. The maximum absolute atomic E-state index is 12.2. The molecule has 23 heavy (non-hydrogen) atoms. The number of carbonyl (C=O) groups excluding carboxylic acids is 1. The number of carbonyl (C=O) groups is 1. The number of rotatable bonds is 4. The summed E-state index contributed by atoms with van der Waals surface area (Å²) in [6, 6.07) is 7.87. The fraction of sp³-hybridized carbons (Fsp3) is 0.444. The van der Waals surface area contributed by atoms with Crippen molar-refractivity contribution in [3.8, 4) is 11.3 Å². The number of aryl methyl sites for hydroxylation is 1. The summed E-state index contributed by atoms with van der Waals surface area (Å²) in [6.45, 7) is 1.99. The predicted molar refractivity (Wildman–Crippen MR) is 92.4 cm³/mol. The molecule has 1 aliphatic carbocycles. The van der Waals surface area contributed by atoms with E-state index in [1.807, 2.05) is 36.6 Å². The molecule has 2 aromatic rings. The van der Waals surface area contributed by atoms with Crippen LogP contribution in [0.5, 0.6) is 0 Å². The molecule has 1 aliphatic rings. The maximum Gasteiger partial charge on any atom is 0.224 e. The second kappa shape index (κ2) is 7.23. The smallest absolute Gasteiger partial charge is 0.224 e. The Hall–Kier alpha value is -1.72. The van der Waals surface area contributed by atoms with Gasteiger partial charge in [0.1, 0.15) is 0 Å². The average Bonchev–Trinajstić information content (AvgIpc) is 2.97. The number of hydrogen-bond acceptors (Lipinski definition) is 4. The summed E-state index contributed by atoms with van der Waals surface area (Å²) in [6.07, 6.45) is 3.72. The molecule has 1 saturated carbocycles. The Morgan fingerprint density at radius 3 is 2.70 bits per heavy atom. The van der Waals surface area contributed by atoms with Gasteiger partial charge in [-0.3, -0.25) is 4.79 Å². The minimum Gasteiger partial charge on any atom is -0.391 e.